The van der Waals surface area contributed by atoms with Crippen LogP contribution in [-0.2, 0) is 14.3 Å². The molecule has 0 spiro atoms. The highest BCUT2D eigenvalue weighted by molar-refractivity contribution is 5.81. The maximum Gasteiger partial charge on any atom is 0.326 e. The third kappa shape index (κ3) is 3.78. The molecule has 0 aromatic carbocycles. The van der Waals surface area contributed by atoms with Gasteiger partial charge in [-0.2, -0.15) is 0 Å². The van der Waals surface area contributed by atoms with E-state index in [4.69, 9.17) is 9.47 Å². The van der Waals surface area contributed by atoms with Gasteiger partial charge in [-0.15, -0.1) is 0 Å². The predicted molar refractivity (Wildman–Crippen MR) is 81.0 cm³/mol. The first kappa shape index (κ1) is 15.3. The van der Waals surface area contributed by atoms with Gasteiger partial charge >= 0.3 is 5.97 Å². The quantitative estimate of drug-likeness (QED) is 0.525. The average molecular weight is 295 g/mol. The Morgan fingerprint density at radius 2 is 1.90 bits per heavy atom. The largest absolute Gasteiger partial charge is 0.468 e. The second kappa shape index (κ2) is 6.66. The van der Waals surface area contributed by atoms with Crippen molar-refractivity contribution >= 4 is 5.97 Å². The zero-order valence-corrected chi connectivity index (χ0v) is 13.2. The molecule has 2 atom stereocenters. The second-order valence-corrected chi connectivity index (χ2v) is 7.10. The van der Waals surface area contributed by atoms with Gasteiger partial charge in [0.05, 0.1) is 7.11 Å². The molecule has 120 valence electrons. The van der Waals surface area contributed by atoms with Crippen molar-refractivity contribution in [1.82, 2.24) is 5.32 Å². The number of methoxy groups -OCH3 is 1. The molecular formula is C17H29NO3. The van der Waals surface area contributed by atoms with E-state index >= 15 is 0 Å². The molecule has 4 heteroatoms. The van der Waals surface area contributed by atoms with Crippen molar-refractivity contribution in [3.05, 3.63) is 0 Å². The number of carbonyl (C=O) groups excluding carboxylic acids is 1. The summed E-state index contributed by atoms with van der Waals surface area (Å²) in [6, 6.07) is 0.528. The molecule has 3 fully saturated rings. The molecule has 3 rings (SSSR count). The van der Waals surface area contributed by atoms with E-state index in [0.29, 0.717) is 12.0 Å². The van der Waals surface area contributed by atoms with Crippen LogP contribution in [0, 0.1) is 11.8 Å². The van der Waals surface area contributed by atoms with Crippen LogP contribution < -0.4 is 5.32 Å². The number of nitrogens with one attached hydrogen (secondary N) is 1. The summed E-state index contributed by atoms with van der Waals surface area (Å²) in [6.45, 7) is 1.67. The molecule has 3 saturated carbocycles. The summed E-state index contributed by atoms with van der Waals surface area (Å²) in [6.07, 6.45) is 10.5. The van der Waals surface area contributed by atoms with Crippen molar-refractivity contribution in [3.63, 3.8) is 0 Å². The van der Waals surface area contributed by atoms with Crippen LogP contribution in [0.15, 0.2) is 0 Å². The van der Waals surface area contributed by atoms with Crippen LogP contribution in [0.1, 0.15) is 57.8 Å². The summed E-state index contributed by atoms with van der Waals surface area (Å²) < 4.78 is 10.9. The Morgan fingerprint density at radius 1 is 1.14 bits per heavy atom. The molecule has 2 unspecified atom stereocenters. The zero-order chi connectivity index (χ0) is 14.7. The van der Waals surface area contributed by atoms with Gasteiger partial charge < -0.3 is 9.47 Å². The van der Waals surface area contributed by atoms with Crippen molar-refractivity contribution < 1.29 is 14.3 Å². The van der Waals surface area contributed by atoms with E-state index in [9.17, 15) is 4.79 Å². The molecule has 0 aliphatic heterocycles. The summed E-state index contributed by atoms with van der Waals surface area (Å²) in [7, 11) is 1.51. The minimum absolute atomic E-state index is 0.0603. The third-order valence-electron chi connectivity index (χ3n) is 5.39. The lowest BCUT2D eigenvalue weighted by Crippen LogP contribution is -2.56. The fourth-order valence-electron chi connectivity index (χ4n) is 3.74. The minimum Gasteiger partial charge on any atom is -0.468 e. The summed E-state index contributed by atoms with van der Waals surface area (Å²) in [5.41, 5.74) is -0.435. The first-order chi connectivity index (χ1) is 10.2. The summed E-state index contributed by atoms with van der Waals surface area (Å²) >= 11 is 0. The first-order valence-corrected chi connectivity index (χ1v) is 8.68. The number of ether oxygens (including phenoxy) is 2. The van der Waals surface area contributed by atoms with Crippen LogP contribution in [0.5, 0.6) is 0 Å². The lowest BCUT2D eigenvalue weighted by molar-refractivity contribution is -0.150. The Morgan fingerprint density at radius 3 is 2.57 bits per heavy atom. The van der Waals surface area contributed by atoms with E-state index in [-0.39, 0.29) is 5.97 Å². The lowest BCUT2D eigenvalue weighted by Gasteiger charge is -2.34. The summed E-state index contributed by atoms with van der Waals surface area (Å²) in [5.74, 6) is 1.24. The average Bonchev–Trinajstić information content (AvgIpc) is 3.39. The SMILES string of the molecule is COC(=O)C1(NC2CC2)CCCC1CCOCCC1CC1. The van der Waals surface area contributed by atoms with E-state index in [1.54, 1.807) is 0 Å². The Balaban J connectivity index is 1.49. The fourth-order valence-corrected chi connectivity index (χ4v) is 3.74. The van der Waals surface area contributed by atoms with E-state index < -0.39 is 5.54 Å². The molecule has 3 aliphatic carbocycles. The van der Waals surface area contributed by atoms with Crippen molar-refractivity contribution in [3.8, 4) is 0 Å². The van der Waals surface area contributed by atoms with Gasteiger partial charge in [0.1, 0.15) is 5.54 Å². The number of hydrogen-bond donors (Lipinski definition) is 1. The summed E-state index contributed by atoms with van der Waals surface area (Å²) in [4.78, 5) is 12.4. The molecule has 0 amide bonds. The molecule has 0 saturated heterocycles. The van der Waals surface area contributed by atoms with Crippen LogP contribution in [0.3, 0.4) is 0 Å². The standard InChI is InChI=1S/C17H29NO3/c1-20-16(19)17(18-15-6-7-15)10-2-3-14(17)9-12-21-11-8-13-4-5-13/h13-15,18H,2-12H2,1H3. The third-order valence-corrected chi connectivity index (χ3v) is 5.39. The van der Waals surface area contributed by atoms with Gasteiger partial charge in [-0.3, -0.25) is 10.1 Å². The first-order valence-electron chi connectivity index (χ1n) is 8.68. The van der Waals surface area contributed by atoms with Crippen LogP contribution in [0.25, 0.3) is 0 Å². The molecule has 0 aromatic heterocycles. The fraction of sp³-hybridized carbons (Fsp3) is 0.941. The maximum atomic E-state index is 12.4. The molecule has 21 heavy (non-hydrogen) atoms. The van der Waals surface area contributed by atoms with Gasteiger partial charge in [0.2, 0.25) is 0 Å². The highest BCUT2D eigenvalue weighted by atomic mass is 16.5. The molecule has 0 aromatic rings. The normalized spacial score (nSPS) is 32.3. The molecule has 1 N–H and O–H groups in total. The molecule has 0 radical (unpaired) electrons. The van der Waals surface area contributed by atoms with Gasteiger partial charge in [-0.25, -0.2) is 0 Å². The molecule has 3 aliphatic rings. The smallest absolute Gasteiger partial charge is 0.326 e. The van der Waals surface area contributed by atoms with Crippen molar-refractivity contribution in [2.45, 2.75) is 69.4 Å². The van der Waals surface area contributed by atoms with Gasteiger partial charge in [0.25, 0.3) is 0 Å². The second-order valence-electron chi connectivity index (χ2n) is 7.10. The van der Waals surface area contributed by atoms with Crippen LogP contribution in [0.2, 0.25) is 0 Å². The molecule has 4 nitrogen and oxygen atoms in total. The van der Waals surface area contributed by atoms with E-state index in [1.165, 1.54) is 39.2 Å². The monoisotopic (exact) mass is 295 g/mol. The van der Waals surface area contributed by atoms with E-state index in [1.807, 2.05) is 0 Å². The molecule has 0 heterocycles. The number of esters is 1. The summed E-state index contributed by atoms with van der Waals surface area (Å²) in [5, 5.41) is 3.61. The van der Waals surface area contributed by atoms with Crippen molar-refractivity contribution in [2.75, 3.05) is 20.3 Å². The van der Waals surface area contributed by atoms with Crippen molar-refractivity contribution in [2.24, 2.45) is 11.8 Å². The Labute approximate surface area is 127 Å². The Hall–Kier alpha value is -0.610. The maximum absolute atomic E-state index is 12.4. The Kier molecular flexibility index (Phi) is 4.85. The zero-order valence-electron chi connectivity index (χ0n) is 13.2. The van der Waals surface area contributed by atoms with Crippen LogP contribution in [-0.4, -0.2) is 37.9 Å². The lowest BCUT2D eigenvalue weighted by atomic mass is 9.84. The Bertz CT molecular complexity index is 365. The highest BCUT2D eigenvalue weighted by Gasteiger charge is 2.51. The number of rotatable bonds is 9. The van der Waals surface area contributed by atoms with E-state index in [0.717, 1.165) is 44.8 Å². The molecular weight excluding hydrogens is 266 g/mol. The highest BCUT2D eigenvalue weighted by Crippen LogP contribution is 2.41. The number of carbonyl (C=O) groups is 1. The van der Waals surface area contributed by atoms with E-state index in [2.05, 4.69) is 5.32 Å². The van der Waals surface area contributed by atoms with Crippen LogP contribution in [0.4, 0.5) is 0 Å². The van der Waals surface area contributed by atoms with Gasteiger partial charge in [0, 0.05) is 19.3 Å². The van der Waals surface area contributed by atoms with Gasteiger partial charge in [-0.1, -0.05) is 19.3 Å². The van der Waals surface area contributed by atoms with Crippen LogP contribution >= 0.6 is 0 Å². The number of hydrogen-bond acceptors (Lipinski definition) is 4. The minimum atomic E-state index is -0.435. The van der Waals surface area contributed by atoms with Gasteiger partial charge in [0.15, 0.2) is 0 Å². The van der Waals surface area contributed by atoms with Crippen molar-refractivity contribution in [1.29, 1.82) is 0 Å². The topological polar surface area (TPSA) is 47.6 Å². The van der Waals surface area contributed by atoms with Gasteiger partial charge in [-0.05, 0) is 50.4 Å². The predicted octanol–water partition coefficient (Wildman–Crippen LogP) is 2.66. The molecule has 0 bridgehead atoms.